The molecular formula is C27H31F3N4O3S. The number of rotatable bonds is 7. The van der Waals surface area contributed by atoms with Crippen molar-refractivity contribution >= 4 is 32.1 Å². The first-order chi connectivity index (χ1) is 17.9. The number of aromatic nitrogens is 1. The van der Waals surface area contributed by atoms with Gasteiger partial charge in [0.15, 0.2) is 9.84 Å². The van der Waals surface area contributed by atoms with Gasteiger partial charge in [-0.1, -0.05) is 12.0 Å². The van der Waals surface area contributed by atoms with Crippen molar-refractivity contribution in [3.8, 4) is 17.6 Å². The number of alkyl halides is 3. The van der Waals surface area contributed by atoms with Gasteiger partial charge >= 0.3 is 6.18 Å². The second-order valence-electron chi connectivity index (χ2n) is 9.48. The summed E-state index contributed by atoms with van der Waals surface area (Å²) in [5.74, 6) is 6.09. The molecule has 1 aliphatic heterocycles. The van der Waals surface area contributed by atoms with E-state index in [4.69, 9.17) is 4.74 Å². The minimum absolute atomic E-state index is 0.111. The molecule has 1 fully saturated rings. The number of halogens is 3. The van der Waals surface area contributed by atoms with Crippen LogP contribution in [0.4, 0.5) is 24.5 Å². The van der Waals surface area contributed by atoms with Gasteiger partial charge in [0.25, 0.3) is 0 Å². The molecule has 3 aromatic rings. The van der Waals surface area contributed by atoms with Gasteiger partial charge in [0, 0.05) is 35.5 Å². The Labute approximate surface area is 220 Å². The maximum absolute atomic E-state index is 13.5. The maximum atomic E-state index is 13.5. The van der Waals surface area contributed by atoms with Crippen LogP contribution < -0.4 is 20.7 Å². The Bertz CT molecular complexity index is 1470. The molecule has 1 saturated heterocycles. The number of hydrogen-bond acceptors (Lipinski definition) is 6. The fourth-order valence-electron chi connectivity index (χ4n) is 4.67. The predicted molar refractivity (Wildman–Crippen MR) is 144 cm³/mol. The van der Waals surface area contributed by atoms with E-state index in [-0.39, 0.29) is 23.2 Å². The van der Waals surface area contributed by atoms with Crippen molar-refractivity contribution in [1.29, 1.82) is 0 Å². The minimum Gasteiger partial charge on any atom is -0.495 e. The Balaban J connectivity index is 1.60. The van der Waals surface area contributed by atoms with E-state index in [1.807, 2.05) is 6.07 Å². The first-order valence-electron chi connectivity index (χ1n) is 12.2. The lowest BCUT2D eigenvalue weighted by molar-refractivity contribution is -0.140. The quantitative estimate of drug-likeness (QED) is 0.374. The van der Waals surface area contributed by atoms with Crippen molar-refractivity contribution in [2.45, 2.75) is 49.5 Å². The molecule has 0 radical (unpaired) electrons. The Morgan fingerprint density at radius 3 is 2.66 bits per heavy atom. The average Bonchev–Trinajstić information content (AvgIpc) is 3.18. The molecule has 2 unspecified atom stereocenters. The van der Waals surface area contributed by atoms with Crippen molar-refractivity contribution < 1.29 is 26.3 Å². The topological polar surface area (TPSA) is 84.4 Å². The van der Waals surface area contributed by atoms with Crippen LogP contribution in [-0.4, -0.2) is 57.7 Å². The normalized spacial score (nSPS) is 18.1. The minimum atomic E-state index is -4.41. The molecule has 204 valence electrons. The van der Waals surface area contributed by atoms with Gasteiger partial charge in [0.2, 0.25) is 0 Å². The van der Waals surface area contributed by atoms with E-state index < -0.39 is 22.6 Å². The number of ether oxygens (including phenoxy) is 1. The van der Waals surface area contributed by atoms with E-state index >= 15 is 0 Å². The first-order valence-corrected chi connectivity index (χ1v) is 14.1. The van der Waals surface area contributed by atoms with E-state index in [9.17, 15) is 21.6 Å². The van der Waals surface area contributed by atoms with Gasteiger partial charge < -0.3 is 25.3 Å². The number of sulfone groups is 1. The molecule has 3 N–H and O–H groups in total. The number of hydrogen-bond donors (Lipinski definition) is 3. The third-order valence-corrected chi connectivity index (χ3v) is 7.56. The van der Waals surface area contributed by atoms with Crippen LogP contribution >= 0.6 is 0 Å². The van der Waals surface area contributed by atoms with Crippen molar-refractivity contribution in [3.63, 3.8) is 0 Å². The molecular weight excluding hydrogens is 517 g/mol. The van der Waals surface area contributed by atoms with Crippen LogP contribution in [0.25, 0.3) is 10.9 Å². The number of nitrogens with one attached hydrogen (secondary N) is 3. The summed E-state index contributed by atoms with van der Waals surface area (Å²) < 4.78 is 70.5. The van der Waals surface area contributed by atoms with Gasteiger partial charge in [-0.05, 0) is 62.6 Å². The van der Waals surface area contributed by atoms with Crippen LogP contribution in [0.2, 0.25) is 0 Å². The molecule has 1 aromatic heterocycles. The first kappa shape index (κ1) is 27.7. The fourth-order valence-corrected chi connectivity index (χ4v) is 5.31. The second-order valence-corrected chi connectivity index (χ2v) is 11.5. The van der Waals surface area contributed by atoms with Crippen molar-refractivity contribution in [2.24, 2.45) is 0 Å². The van der Waals surface area contributed by atoms with Crippen LogP contribution in [0, 0.1) is 11.8 Å². The summed E-state index contributed by atoms with van der Waals surface area (Å²) in [5.41, 5.74) is 2.03. The highest BCUT2D eigenvalue weighted by Crippen LogP contribution is 2.31. The van der Waals surface area contributed by atoms with Crippen molar-refractivity contribution in [3.05, 3.63) is 48.2 Å². The molecule has 0 spiro atoms. The Hall–Kier alpha value is -3.36. The Kier molecular flexibility index (Phi) is 8.13. The third kappa shape index (κ3) is 6.74. The summed E-state index contributed by atoms with van der Waals surface area (Å²) in [6.07, 6.45) is -1.46. The van der Waals surface area contributed by atoms with E-state index in [0.29, 0.717) is 28.4 Å². The highest BCUT2D eigenvalue weighted by atomic mass is 32.2. The molecule has 38 heavy (non-hydrogen) atoms. The highest BCUT2D eigenvalue weighted by molar-refractivity contribution is 7.90. The molecule has 1 aliphatic rings. The number of piperidine rings is 1. The molecule has 11 heteroatoms. The summed E-state index contributed by atoms with van der Waals surface area (Å²) in [7, 11) is -1.98. The molecule has 0 amide bonds. The van der Waals surface area contributed by atoms with Crippen LogP contribution in [-0.2, 0) is 16.4 Å². The number of fused-ring (bicyclic) bond motifs is 1. The number of nitrogens with zero attached hydrogens (tertiary/aromatic N) is 1. The summed E-state index contributed by atoms with van der Waals surface area (Å²) >= 11 is 0. The zero-order valence-corrected chi connectivity index (χ0v) is 22.3. The number of benzene rings is 2. The van der Waals surface area contributed by atoms with Gasteiger partial charge in [-0.15, -0.1) is 0 Å². The molecule has 2 atom stereocenters. The SMILES string of the molecule is COc1cc(S(C)(=O)=O)ccc1NCC#Cc1cc2c(NC3CCNC(C)C3)cccc2n1CC(F)(F)F. The summed E-state index contributed by atoms with van der Waals surface area (Å²) in [6, 6.07) is 12.0. The van der Waals surface area contributed by atoms with Gasteiger partial charge in [-0.25, -0.2) is 8.42 Å². The zero-order valence-electron chi connectivity index (χ0n) is 21.4. The van der Waals surface area contributed by atoms with Gasteiger partial charge in [-0.3, -0.25) is 0 Å². The third-order valence-electron chi connectivity index (χ3n) is 6.45. The molecule has 2 heterocycles. The molecule has 0 aliphatic carbocycles. The van der Waals surface area contributed by atoms with Crippen LogP contribution in [0.1, 0.15) is 25.5 Å². The standard InChI is InChI=1S/C27H31F3N4O3S/c1-18-14-19(11-13-31-18)33-23-7-4-8-25-22(23)15-20(34(25)17-27(28,29)30)6-5-12-32-24-10-9-21(38(3,35)36)16-26(24)37-2/h4,7-10,15-16,18-19,31-33H,11-14,17H2,1-3H3. The van der Waals surface area contributed by atoms with E-state index in [2.05, 4.69) is 34.7 Å². The number of anilines is 2. The molecule has 0 bridgehead atoms. The molecule has 2 aromatic carbocycles. The molecule has 0 saturated carbocycles. The predicted octanol–water partition coefficient (Wildman–Crippen LogP) is 4.63. The van der Waals surface area contributed by atoms with Crippen molar-refractivity contribution in [2.75, 3.05) is 37.1 Å². The summed E-state index contributed by atoms with van der Waals surface area (Å²) in [5, 5.41) is 10.7. The lowest BCUT2D eigenvalue weighted by atomic mass is 10.00. The Morgan fingerprint density at radius 2 is 1.97 bits per heavy atom. The summed E-state index contributed by atoms with van der Waals surface area (Å²) in [6.45, 7) is 1.96. The lowest BCUT2D eigenvalue weighted by Crippen LogP contribution is -2.41. The average molecular weight is 549 g/mol. The summed E-state index contributed by atoms with van der Waals surface area (Å²) in [4.78, 5) is 0.117. The van der Waals surface area contributed by atoms with Crippen LogP contribution in [0.15, 0.2) is 47.4 Å². The maximum Gasteiger partial charge on any atom is 0.406 e. The van der Waals surface area contributed by atoms with Crippen molar-refractivity contribution in [1.82, 2.24) is 9.88 Å². The zero-order chi connectivity index (χ0) is 27.5. The van der Waals surface area contributed by atoms with Gasteiger partial charge in [0.1, 0.15) is 12.3 Å². The molecule has 4 rings (SSSR count). The fraction of sp³-hybridized carbons (Fsp3) is 0.407. The van der Waals surface area contributed by atoms with Gasteiger partial charge in [-0.2, -0.15) is 13.2 Å². The Morgan fingerprint density at radius 1 is 1.18 bits per heavy atom. The monoisotopic (exact) mass is 548 g/mol. The van der Waals surface area contributed by atoms with E-state index in [1.54, 1.807) is 24.3 Å². The van der Waals surface area contributed by atoms with Gasteiger partial charge in [0.05, 0.1) is 35.4 Å². The van der Waals surface area contributed by atoms with Crippen LogP contribution in [0.5, 0.6) is 5.75 Å². The largest absolute Gasteiger partial charge is 0.495 e. The number of methoxy groups -OCH3 is 1. The highest BCUT2D eigenvalue weighted by Gasteiger charge is 2.30. The van der Waals surface area contributed by atoms with E-state index in [0.717, 1.165) is 31.3 Å². The lowest BCUT2D eigenvalue weighted by Gasteiger charge is -2.29. The smallest absolute Gasteiger partial charge is 0.406 e. The molecule has 7 nitrogen and oxygen atoms in total. The van der Waals surface area contributed by atoms with Crippen LogP contribution in [0.3, 0.4) is 0 Å². The second kappa shape index (κ2) is 11.2. The van der Waals surface area contributed by atoms with E-state index in [1.165, 1.54) is 23.8 Å².